The van der Waals surface area contributed by atoms with Crippen molar-refractivity contribution in [2.24, 2.45) is 0 Å². The lowest BCUT2D eigenvalue weighted by atomic mass is 10.2. The van der Waals surface area contributed by atoms with Crippen LogP contribution >= 0.6 is 11.8 Å². The van der Waals surface area contributed by atoms with E-state index in [1.165, 1.54) is 12.8 Å². The molecule has 0 fully saturated rings. The Hall–Kier alpha value is -0.220. The van der Waals surface area contributed by atoms with Gasteiger partial charge in [0.05, 0.1) is 5.75 Å². The summed E-state index contributed by atoms with van der Waals surface area (Å²) in [7, 11) is 0. The highest BCUT2D eigenvalue weighted by Crippen LogP contribution is 2.11. The molecule has 1 N–H and O–H groups in total. The molecule has 3 nitrogen and oxygen atoms in total. The van der Waals surface area contributed by atoms with Crippen LogP contribution in [0.15, 0.2) is 0 Å². The summed E-state index contributed by atoms with van der Waals surface area (Å²) in [6, 6.07) is 0.576. The molecule has 0 radical (unpaired) electrons. The van der Waals surface area contributed by atoms with Gasteiger partial charge in [-0.3, -0.25) is 4.79 Å². The standard InChI is InChI=1S/C14H29NO2S/c1-6-9-15-12(2)8-7-10-18-11-13(16)17-14(3,4)5/h12,15H,6-11H2,1-5H3. The van der Waals surface area contributed by atoms with E-state index in [4.69, 9.17) is 4.74 Å². The van der Waals surface area contributed by atoms with Gasteiger partial charge in [-0.25, -0.2) is 0 Å². The first-order valence-corrected chi connectivity index (χ1v) is 8.03. The highest BCUT2D eigenvalue weighted by molar-refractivity contribution is 7.99. The molecule has 18 heavy (non-hydrogen) atoms. The Morgan fingerprint density at radius 2 is 2.06 bits per heavy atom. The number of rotatable bonds is 9. The van der Waals surface area contributed by atoms with Gasteiger partial charge in [-0.05, 0) is 59.3 Å². The average molecular weight is 275 g/mol. The normalized spacial score (nSPS) is 13.4. The van der Waals surface area contributed by atoms with Crippen LogP contribution in [0.3, 0.4) is 0 Å². The lowest BCUT2D eigenvalue weighted by Crippen LogP contribution is -2.26. The largest absolute Gasteiger partial charge is 0.459 e. The molecule has 0 spiro atoms. The number of ether oxygens (including phenoxy) is 1. The Balaban J connectivity index is 3.42. The van der Waals surface area contributed by atoms with E-state index in [9.17, 15) is 4.79 Å². The molecule has 4 heteroatoms. The van der Waals surface area contributed by atoms with Crippen LogP contribution in [0.5, 0.6) is 0 Å². The van der Waals surface area contributed by atoms with Crippen LogP contribution in [0.25, 0.3) is 0 Å². The summed E-state index contributed by atoms with van der Waals surface area (Å²) >= 11 is 1.67. The third-order valence-electron chi connectivity index (χ3n) is 2.31. The minimum Gasteiger partial charge on any atom is -0.459 e. The van der Waals surface area contributed by atoms with E-state index in [0.29, 0.717) is 11.8 Å². The summed E-state index contributed by atoms with van der Waals surface area (Å²) in [6.45, 7) is 11.2. The maximum atomic E-state index is 11.4. The molecule has 0 heterocycles. The first-order valence-electron chi connectivity index (χ1n) is 6.88. The molecule has 0 saturated heterocycles. The van der Waals surface area contributed by atoms with Crippen molar-refractivity contribution in [3.05, 3.63) is 0 Å². The summed E-state index contributed by atoms with van der Waals surface area (Å²) in [5, 5.41) is 3.46. The van der Waals surface area contributed by atoms with Gasteiger partial charge in [-0.15, -0.1) is 0 Å². The quantitative estimate of drug-likeness (QED) is 0.518. The van der Waals surface area contributed by atoms with E-state index in [0.717, 1.165) is 18.7 Å². The number of nitrogens with one attached hydrogen (secondary N) is 1. The summed E-state index contributed by atoms with van der Waals surface area (Å²) in [5.41, 5.74) is -0.365. The van der Waals surface area contributed by atoms with Crippen molar-refractivity contribution >= 4 is 17.7 Å². The van der Waals surface area contributed by atoms with Crippen LogP contribution in [-0.4, -0.2) is 35.7 Å². The van der Waals surface area contributed by atoms with Crippen LogP contribution in [0, 0.1) is 0 Å². The topological polar surface area (TPSA) is 38.3 Å². The molecule has 0 aliphatic rings. The third-order valence-corrected chi connectivity index (χ3v) is 3.33. The summed E-state index contributed by atoms with van der Waals surface area (Å²) in [4.78, 5) is 11.4. The first kappa shape index (κ1) is 17.8. The van der Waals surface area contributed by atoms with Crippen molar-refractivity contribution in [1.82, 2.24) is 5.32 Å². The maximum absolute atomic E-state index is 11.4. The fourth-order valence-electron chi connectivity index (χ4n) is 1.51. The molecule has 0 bridgehead atoms. The zero-order valence-corrected chi connectivity index (χ0v) is 13.4. The van der Waals surface area contributed by atoms with E-state index in [1.54, 1.807) is 11.8 Å². The second kappa shape index (κ2) is 9.68. The zero-order valence-electron chi connectivity index (χ0n) is 12.5. The van der Waals surface area contributed by atoms with Crippen molar-refractivity contribution in [2.45, 2.75) is 65.5 Å². The smallest absolute Gasteiger partial charge is 0.316 e. The fourth-order valence-corrected chi connectivity index (χ4v) is 2.25. The Morgan fingerprint density at radius 3 is 2.61 bits per heavy atom. The van der Waals surface area contributed by atoms with Crippen LogP contribution < -0.4 is 5.32 Å². The predicted octanol–water partition coefficient (Wildman–Crippen LogP) is 3.23. The van der Waals surface area contributed by atoms with Gasteiger partial charge in [0.15, 0.2) is 0 Å². The summed E-state index contributed by atoms with van der Waals surface area (Å²) in [6.07, 6.45) is 3.49. The lowest BCUT2D eigenvalue weighted by molar-refractivity contribution is -0.151. The molecule has 108 valence electrons. The van der Waals surface area contributed by atoms with Crippen molar-refractivity contribution < 1.29 is 9.53 Å². The zero-order chi connectivity index (χ0) is 14.0. The molecular weight excluding hydrogens is 246 g/mol. The SMILES string of the molecule is CCCNC(C)CCCSCC(=O)OC(C)(C)C. The minimum absolute atomic E-state index is 0.107. The molecular formula is C14H29NO2S. The van der Waals surface area contributed by atoms with Crippen molar-refractivity contribution in [2.75, 3.05) is 18.1 Å². The molecule has 0 aromatic carbocycles. The van der Waals surface area contributed by atoms with Crippen molar-refractivity contribution in [1.29, 1.82) is 0 Å². The molecule has 0 aromatic rings. The molecule has 0 saturated carbocycles. The third kappa shape index (κ3) is 12.2. The average Bonchev–Trinajstić information content (AvgIpc) is 2.23. The second-order valence-corrected chi connectivity index (χ2v) is 6.74. The van der Waals surface area contributed by atoms with Gasteiger partial charge in [0.2, 0.25) is 0 Å². The molecule has 1 unspecified atom stereocenters. The lowest BCUT2D eigenvalue weighted by Gasteiger charge is -2.19. The van der Waals surface area contributed by atoms with Crippen LogP contribution in [0.2, 0.25) is 0 Å². The highest BCUT2D eigenvalue weighted by atomic mass is 32.2. The number of hydrogen-bond donors (Lipinski definition) is 1. The van der Waals surface area contributed by atoms with Crippen LogP contribution in [-0.2, 0) is 9.53 Å². The molecule has 1 atom stereocenters. The molecule has 0 rings (SSSR count). The summed E-state index contributed by atoms with van der Waals surface area (Å²) < 4.78 is 5.25. The van der Waals surface area contributed by atoms with Crippen molar-refractivity contribution in [3.8, 4) is 0 Å². The molecule has 0 aromatic heterocycles. The van der Waals surface area contributed by atoms with Gasteiger partial charge in [0.25, 0.3) is 0 Å². The fraction of sp³-hybridized carbons (Fsp3) is 0.929. The van der Waals surface area contributed by atoms with Gasteiger partial charge in [-0.1, -0.05) is 6.92 Å². The van der Waals surface area contributed by atoms with E-state index in [1.807, 2.05) is 20.8 Å². The Morgan fingerprint density at radius 1 is 1.39 bits per heavy atom. The van der Waals surface area contributed by atoms with Gasteiger partial charge in [0, 0.05) is 6.04 Å². The number of carbonyl (C=O) groups is 1. The molecule has 0 amide bonds. The predicted molar refractivity (Wildman–Crippen MR) is 80.2 cm³/mol. The number of hydrogen-bond acceptors (Lipinski definition) is 4. The van der Waals surface area contributed by atoms with E-state index < -0.39 is 0 Å². The van der Waals surface area contributed by atoms with Crippen molar-refractivity contribution in [3.63, 3.8) is 0 Å². The monoisotopic (exact) mass is 275 g/mol. The minimum atomic E-state index is -0.365. The number of esters is 1. The van der Waals surface area contributed by atoms with Gasteiger partial charge < -0.3 is 10.1 Å². The number of thioether (sulfide) groups is 1. The van der Waals surface area contributed by atoms with E-state index in [-0.39, 0.29) is 11.6 Å². The van der Waals surface area contributed by atoms with Gasteiger partial charge in [-0.2, -0.15) is 11.8 Å². The maximum Gasteiger partial charge on any atom is 0.316 e. The highest BCUT2D eigenvalue weighted by Gasteiger charge is 2.15. The Kier molecular flexibility index (Phi) is 9.56. The first-order chi connectivity index (χ1) is 8.35. The summed E-state index contributed by atoms with van der Waals surface area (Å²) in [5.74, 6) is 1.38. The number of carbonyl (C=O) groups excluding carboxylic acids is 1. The van der Waals surface area contributed by atoms with Crippen LogP contribution in [0.4, 0.5) is 0 Å². The Bertz CT molecular complexity index is 226. The molecule has 0 aliphatic heterocycles. The Labute approximate surface area is 116 Å². The van der Waals surface area contributed by atoms with Crippen LogP contribution in [0.1, 0.15) is 53.9 Å². The van der Waals surface area contributed by atoms with E-state index in [2.05, 4.69) is 19.2 Å². The second-order valence-electron chi connectivity index (χ2n) is 5.64. The molecule has 0 aliphatic carbocycles. The van der Waals surface area contributed by atoms with Gasteiger partial charge >= 0.3 is 5.97 Å². The van der Waals surface area contributed by atoms with E-state index >= 15 is 0 Å². The van der Waals surface area contributed by atoms with Gasteiger partial charge in [0.1, 0.15) is 5.60 Å².